The summed E-state index contributed by atoms with van der Waals surface area (Å²) < 4.78 is 13.8. The Kier molecular flexibility index (Phi) is 6.54. The molecule has 0 fully saturated rings. The lowest BCUT2D eigenvalue weighted by atomic mass is 10.2. The molecule has 0 aliphatic heterocycles. The summed E-state index contributed by atoms with van der Waals surface area (Å²) in [5.41, 5.74) is 1.88. The van der Waals surface area contributed by atoms with Gasteiger partial charge in [0.1, 0.15) is 0 Å². The average Bonchev–Trinajstić information content (AvgIpc) is 2.45. The van der Waals surface area contributed by atoms with Crippen LogP contribution < -0.4 is 21.9 Å². The second-order valence-electron chi connectivity index (χ2n) is 4.87. The Morgan fingerprint density at radius 2 is 2.10 bits per heavy atom. The first-order chi connectivity index (χ1) is 9.95. The summed E-state index contributed by atoms with van der Waals surface area (Å²) in [5, 5.41) is 5.20. The predicted molar refractivity (Wildman–Crippen MR) is 76.8 cm³/mol. The van der Waals surface area contributed by atoms with Crippen LogP contribution in [0.15, 0.2) is 12.3 Å². The summed E-state index contributed by atoms with van der Waals surface area (Å²) in [4.78, 5) is 26.9. The van der Waals surface area contributed by atoms with E-state index in [4.69, 9.17) is 5.84 Å². The van der Waals surface area contributed by atoms with Crippen LogP contribution in [0.25, 0.3) is 0 Å². The van der Waals surface area contributed by atoms with Gasteiger partial charge in [0, 0.05) is 25.7 Å². The molecule has 1 rings (SSSR count). The van der Waals surface area contributed by atoms with Gasteiger partial charge in [0.2, 0.25) is 5.91 Å². The summed E-state index contributed by atoms with van der Waals surface area (Å²) >= 11 is 0. The number of anilines is 1. The zero-order valence-electron chi connectivity index (χ0n) is 12.1. The van der Waals surface area contributed by atoms with Crippen molar-refractivity contribution in [2.75, 3.05) is 18.5 Å². The second kappa shape index (κ2) is 8.15. The Hall–Kier alpha value is -2.22. The van der Waals surface area contributed by atoms with E-state index in [0.717, 1.165) is 0 Å². The third-order valence-electron chi connectivity index (χ3n) is 2.62. The zero-order chi connectivity index (χ0) is 15.8. The molecule has 0 saturated carbocycles. The van der Waals surface area contributed by atoms with Crippen LogP contribution in [0.1, 0.15) is 30.6 Å². The Morgan fingerprint density at radius 1 is 1.38 bits per heavy atom. The van der Waals surface area contributed by atoms with E-state index in [2.05, 4.69) is 21.0 Å². The molecule has 0 aliphatic rings. The van der Waals surface area contributed by atoms with Crippen molar-refractivity contribution in [2.45, 2.75) is 20.3 Å². The van der Waals surface area contributed by atoms with Crippen LogP contribution in [0.3, 0.4) is 0 Å². The van der Waals surface area contributed by atoms with E-state index >= 15 is 0 Å². The Morgan fingerprint density at radius 3 is 2.71 bits per heavy atom. The first-order valence-electron chi connectivity index (χ1n) is 6.61. The molecule has 0 spiro atoms. The molecule has 0 radical (unpaired) electrons. The molecular weight excluding hydrogens is 277 g/mol. The smallest absolute Gasteiger partial charge is 0.254 e. The van der Waals surface area contributed by atoms with Gasteiger partial charge in [0.15, 0.2) is 11.6 Å². The molecule has 0 bridgehead atoms. The van der Waals surface area contributed by atoms with Gasteiger partial charge in [-0.25, -0.2) is 15.2 Å². The number of carbonyl (C=O) groups excluding carboxylic acids is 2. The number of nitrogens with two attached hydrogens (primary N) is 1. The van der Waals surface area contributed by atoms with Gasteiger partial charge >= 0.3 is 0 Å². The molecule has 8 heteroatoms. The number of hydrogen-bond acceptors (Lipinski definition) is 5. The van der Waals surface area contributed by atoms with Crippen LogP contribution in [-0.4, -0.2) is 29.9 Å². The molecule has 21 heavy (non-hydrogen) atoms. The van der Waals surface area contributed by atoms with Gasteiger partial charge in [-0.05, 0) is 12.0 Å². The SMILES string of the molecule is CC(C)CNC(=O)CCNC(=O)c1ccnc(NN)c1F. The summed E-state index contributed by atoms with van der Waals surface area (Å²) in [5.74, 6) is 3.61. The van der Waals surface area contributed by atoms with Crippen LogP contribution >= 0.6 is 0 Å². The molecule has 0 aliphatic carbocycles. The van der Waals surface area contributed by atoms with Crippen LogP contribution in [-0.2, 0) is 4.79 Å². The highest BCUT2D eigenvalue weighted by Crippen LogP contribution is 2.13. The van der Waals surface area contributed by atoms with E-state index in [1.807, 2.05) is 13.8 Å². The van der Waals surface area contributed by atoms with Gasteiger partial charge < -0.3 is 16.1 Å². The fourth-order valence-corrected chi connectivity index (χ4v) is 1.51. The molecule has 0 unspecified atom stereocenters. The van der Waals surface area contributed by atoms with Gasteiger partial charge in [-0.1, -0.05) is 13.8 Å². The average molecular weight is 297 g/mol. The lowest BCUT2D eigenvalue weighted by Gasteiger charge is -2.09. The van der Waals surface area contributed by atoms with Crippen molar-refractivity contribution in [3.05, 3.63) is 23.6 Å². The maximum Gasteiger partial charge on any atom is 0.254 e. The van der Waals surface area contributed by atoms with E-state index in [1.54, 1.807) is 0 Å². The van der Waals surface area contributed by atoms with Crippen molar-refractivity contribution in [3.63, 3.8) is 0 Å². The van der Waals surface area contributed by atoms with E-state index in [1.165, 1.54) is 12.3 Å². The van der Waals surface area contributed by atoms with Crippen LogP contribution in [0.2, 0.25) is 0 Å². The molecule has 1 aromatic heterocycles. The number of nitrogens with zero attached hydrogens (tertiary/aromatic N) is 1. The summed E-state index contributed by atoms with van der Waals surface area (Å²) in [6.07, 6.45) is 1.40. The number of pyridine rings is 1. The lowest BCUT2D eigenvalue weighted by molar-refractivity contribution is -0.121. The number of aromatic nitrogens is 1. The minimum Gasteiger partial charge on any atom is -0.356 e. The number of carbonyl (C=O) groups is 2. The highest BCUT2D eigenvalue weighted by atomic mass is 19.1. The number of nitrogens with one attached hydrogen (secondary N) is 3. The van der Waals surface area contributed by atoms with E-state index < -0.39 is 11.7 Å². The van der Waals surface area contributed by atoms with E-state index in [-0.39, 0.29) is 30.3 Å². The molecule has 2 amide bonds. The number of halogens is 1. The van der Waals surface area contributed by atoms with Gasteiger partial charge in [0.25, 0.3) is 5.91 Å². The Labute approximate surface area is 122 Å². The third-order valence-corrected chi connectivity index (χ3v) is 2.62. The topological polar surface area (TPSA) is 109 Å². The maximum absolute atomic E-state index is 13.8. The third kappa shape index (κ3) is 5.35. The van der Waals surface area contributed by atoms with E-state index in [9.17, 15) is 14.0 Å². The van der Waals surface area contributed by atoms with Crippen LogP contribution in [0.4, 0.5) is 10.2 Å². The Balaban J connectivity index is 2.46. The fourth-order valence-electron chi connectivity index (χ4n) is 1.51. The molecule has 0 aromatic carbocycles. The summed E-state index contributed by atoms with van der Waals surface area (Å²) in [6.45, 7) is 4.67. The Bertz CT molecular complexity index is 507. The van der Waals surface area contributed by atoms with Crippen molar-refractivity contribution in [3.8, 4) is 0 Å². The van der Waals surface area contributed by atoms with Gasteiger partial charge in [-0.2, -0.15) is 0 Å². The number of rotatable bonds is 7. The normalized spacial score (nSPS) is 10.3. The molecule has 116 valence electrons. The van der Waals surface area contributed by atoms with Crippen molar-refractivity contribution >= 4 is 17.6 Å². The molecule has 5 N–H and O–H groups in total. The quantitative estimate of drug-likeness (QED) is 0.430. The maximum atomic E-state index is 13.8. The second-order valence-corrected chi connectivity index (χ2v) is 4.87. The summed E-state index contributed by atoms with van der Waals surface area (Å²) in [6, 6.07) is 1.24. The number of nitrogen functional groups attached to an aromatic ring is 1. The number of hydrogen-bond donors (Lipinski definition) is 4. The van der Waals surface area contributed by atoms with Crippen molar-refractivity contribution in [1.82, 2.24) is 15.6 Å². The molecule has 7 nitrogen and oxygen atoms in total. The number of amides is 2. The van der Waals surface area contributed by atoms with Crippen molar-refractivity contribution in [1.29, 1.82) is 0 Å². The van der Waals surface area contributed by atoms with Crippen molar-refractivity contribution < 1.29 is 14.0 Å². The molecule has 0 saturated heterocycles. The minimum atomic E-state index is -0.832. The summed E-state index contributed by atoms with van der Waals surface area (Å²) in [7, 11) is 0. The van der Waals surface area contributed by atoms with Gasteiger partial charge in [0.05, 0.1) is 5.56 Å². The number of hydrazine groups is 1. The lowest BCUT2D eigenvalue weighted by Crippen LogP contribution is -2.32. The predicted octanol–water partition coefficient (Wildman–Crippen LogP) is 0.398. The zero-order valence-corrected chi connectivity index (χ0v) is 12.1. The highest BCUT2D eigenvalue weighted by molar-refractivity contribution is 5.95. The van der Waals surface area contributed by atoms with Crippen molar-refractivity contribution in [2.24, 2.45) is 11.8 Å². The van der Waals surface area contributed by atoms with Crippen LogP contribution in [0.5, 0.6) is 0 Å². The minimum absolute atomic E-state index is 0.121. The van der Waals surface area contributed by atoms with Gasteiger partial charge in [-0.3, -0.25) is 9.59 Å². The first kappa shape index (κ1) is 16.8. The van der Waals surface area contributed by atoms with Gasteiger partial charge in [-0.15, -0.1) is 0 Å². The molecule has 1 heterocycles. The molecule has 1 aromatic rings. The van der Waals surface area contributed by atoms with E-state index in [0.29, 0.717) is 12.5 Å². The first-order valence-corrected chi connectivity index (χ1v) is 6.61. The largest absolute Gasteiger partial charge is 0.356 e. The molecular formula is C13H20FN5O2. The monoisotopic (exact) mass is 297 g/mol. The highest BCUT2D eigenvalue weighted by Gasteiger charge is 2.15. The molecule has 0 atom stereocenters. The fraction of sp³-hybridized carbons (Fsp3) is 0.462. The standard InChI is InChI=1S/C13H20FN5O2/c1-8(2)7-18-10(20)4-6-17-13(21)9-3-5-16-12(19-15)11(9)14/h3,5,8H,4,6-7,15H2,1-2H3,(H,16,19)(H,17,21)(H,18,20). The van der Waals surface area contributed by atoms with Crippen LogP contribution in [0, 0.1) is 11.7 Å².